The number of carbonyl (C=O) groups excluding carboxylic acids is 1. The van der Waals surface area contributed by atoms with Gasteiger partial charge >= 0.3 is 6.09 Å². The Morgan fingerprint density at radius 3 is 2.42 bits per heavy atom. The van der Waals surface area contributed by atoms with Gasteiger partial charge < -0.3 is 14.7 Å². The molecule has 1 rings (SSSR count). The van der Waals surface area contributed by atoms with Crippen molar-refractivity contribution >= 4 is 6.09 Å². The summed E-state index contributed by atoms with van der Waals surface area (Å²) < 4.78 is 4.67. The summed E-state index contributed by atoms with van der Waals surface area (Å²) in [6.07, 6.45) is -0.669. The molecule has 1 saturated heterocycles. The molecule has 4 nitrogen and oxygen atoms in total. The lowest BCUT2D eigenvalue weighted by molar-refractivity contribution is -0.000633. The molecule has 0 aromatic heterocycles. The van der Waals surface area contributed by atoms with Crippen LogP contribution in [0.15, 0.2) is 0 Å². The fraction of sp³-hybridized carbons (Fsp3) is 0.875. The van der Waals surface area contributed by atoms with Gasteiger partial charge in [-0.2, -0.15) is 0 Å². The summed E-state index contributed by atoms with van der Waals surface area (Å²) in [7, 11) is 0. The van der Waals surface area contributed by atoms with Gasteiger partial charge in [-0.1, -0.05) is 13.8 Å². The van der Waals surface area contributed by atoms with E-state index in [-0.39, 0.29) is 12.2 Å². The zero-order chi connectivity index (χ0) is 9.56. The zero-order valence-electron chi connectivity index (χ0n) is 7.91. The van der Waals surface area contributed by atoms with Crippen molar-refractivity contribution in [2.75, 3.05) is 19.7 Å². The Bertz CT molecular complexity index is 132. The average molecular weight is 175 g/mol. The Labute approximate surface area is 73.1 Å². The second-order valence-electron chi connectivity index (χ2n) is 2.26. The van der Waals surface area contributed by atoms with Gasteiger partial charge in [-0.25, -0.2) is 4.79 Å². The number of amides is 1. The summed E-state index contributed by atoms with van der Waals surface area (Å²) in [5.41, 5.74) is 0. The predicted molar refractivity (Wildman–Crippen MR) is 45.9 cm³/mol. The lowest BCUT2D eigenvalue weighted by Crippen LogP contribution is -2.53. The van der Waals surface area contributed by atoms with Gasteiger partial charge in [0.2, 0.25) is 0 Å². The second-order valence-corrected chi connectivity index (χ2v) is 2.26. The van der Waals surface area contributed by atoms with Crippen LogP contribution in [0.25, 0.3) is 0 Å². The maximum Gasteiger partial charge on any atom is 0.409 e. The van der Waals surface area contributed by atoms with Crippen molar-refractivity contribution in [2.24, 2.45) is 0 Å². The predicted octanol–water partition coefficient (Wildman–Crippen LogP) is 0.846. The van der Waals surface area contributed by atoms with Crippen LogP contribution in [0.5, 0.6) is 0 Å². The van der Waals surface area contributed by atoms with Crippen molar-refractivity contribution in [2.45, 2.75) is 26.9 Å². The average Bonchev–Trinajstić information content (AvgIpc) is 2.03. The number of aliphatic hydroxyl groups excluding tert-OH is 1. The van der Waals surface area contributed by atoms with Crippen LogP contribution in [-0.4, -0.2) is 41.9 Å². The number of carbonyl (C=O) groups is 1. The van der Waals surface area contributed by atoms with Gasteiger partial charge in [-0.15, -0.1) is 0 Å². The van der Waals surface area contributed by atoms with E-state index < -0.39 is 0 Å². The van der Waals surface area contributed by atoms with Crippen LogP contribution >= 0.6 is 0 Å². The van der Waals surface area contributed by atoms with E-state index in [2.05, 4.69) is 4.74 Å². The maximum atomic E-state index is 10.8. The summed E-state index contributed by atoms with van der Waals surface area (Å²) in [5.74, 6) is 0. The van der Waals surface area contributed by atoms with E-state index in [9.17, 15) is 4.79 Å². The minimum absolute atomic E-state index is 0.326. The summed E-state index contributed by atoms with van der Waals surface area (Å²) >= 11 is 0. The van der Waals surface area contributed by atoms with Crippen LogP contribution in [0, 0.1) is 0 Å². The summed E-state index contributed by atoms with van der Waals surface area (Å²) in [6.45, 7) is 6.98. The molecule has 0 aromatic carbocycles. The molecule has 0 aromatic rings. The number of nitrogens with zero attached hydrogens (tertiary/aromatic N) is 1. The molecule has 0 aliphatic carbocycles. The fourth-order valence-corrected chi connectivity index (χ4v) is 0.819. The third-order valence-electron chi connectivity index (χ3n) is 1.39. The highest BCUT2D eigenvalue weighted by Crippen LogP contribution is 2.08. The zero-order valence-corrected chi connectivity index (χ0v) is 7.91. The molecule has 0 spiro atoms. The minimum Gasteiger partial charge on any atom is -0.450 e. The van der Waals surface area contributed by atoms with Gasteiger partial charge in [-0.3, -0.25) is 0 Å². The molecule has 1 amide bonds. The molecule has 0 radical (unpaired) electrons. The van der Waals surface area contributed by atoms with Crippen LogP contribution < -0.4 is 0 Å². The molecule has 12 heavy (non-hydrogen) atoms. The highest BCUT2D eigenvalue weighted by Gasteiger charge is 2.29. The number of likely N-dealkylation sites (tertiary alicyclic amines) is 1. The number of rotatable bonds is 1. The molecule has 72 valence electrons. The largest absolute Gasteiger partial charge is 0.450 e. The Morgan fingerprint density at radius 2 is 2.08 bits per heavy atom. The number of aliphatic hydroxyl groups is 1. The Balaban J connectivity index is 0.000000561. The molecule has 0 bridgehead atoms. The third kappa shape index (κ3) is 3.09. The summed E-state index contributed by atoms with van der Waals surface area (Å²) in [4.78, 5) is 12.2. The van der Waals surface area contributed by atoms with Gasteiger partial charge in [0.05, 0.1) is 25.8 Å². The minimum atomic E-state index is -0.343. The smallest absolute Gasteiger partial charge is 0.409 e. The van der Waals surface area contributed by atoms with E-state index in [1.54, 1.807) is 6.92 Å². The van der Waals surface area contributed by atoms with Gasteiger partial charge in [0.25, 0.3) is 0 Å². The molecule has 1 heterocycles. The number of β-amino-alcohol motifs (C(OH)–C–C–N with tert-alkyl or cyclic N) is 1. The van der Waals surface area contributed by atoms with Crippen molar-refractivity contribution in [3.05, 3.63) is 0 Å². The summed E-state index contributed by atoms with van der Waals surface area (Å²) in [5, 5.41) is 8.79. The monoisotopic (exact) mass is 175 g/mol. The number of ether oxygens (including phenoxy) is 1. The molecular weight excluding hydrogens is 158 g/mol. The van der Waals surface area contributed by atoms with Gasteiger partial charge in [-0.05, 0) is 6.92 Å². The molecule has 1 aliphatic rings. The second kappa shape index (κ2) is 5.83. The standard InChI is InChI=1S/C6H11NO3.C2H6/c1-2-10-6(9)7-3-5(8)4-7;1-2/h5,8H,2-4H2,1H3;1-2H3. The van der Waals surface area contributed by atoms with Crippen LogP contribution in [0.2, 0.25) is 0 Å². The number of hydrogen-bond donors (Lipinski definition) is 1. The van der Waals surface area contributed by atoms with E-state index in [4.69, 9.17) is 5.11 Å². The van der Waals surface area contributed by atoms with Crippen molar-refractivity contribution in [3.8, 4) is 0 Å². The molecule has 0 atom stereocenters. The molecular formula is C8H17NO3. The molecule has 0 saturated carbocycles. The normalized spacial score (nSPS) is 15.8. The first-order valence-electron chi connectivity index (χ1n) is 4.33. The first-order chi connectivity index (χ1) is 5.74. The number of hydrogen-bond acceptors (Lipinski definition) is 3. The Kier molecular flexibility index (Phi) is 5.45. The third-order valence-corrected chi connectivity index (χ3v) is 1.39. The van der Waals surface area contributed by atoms with E-state index in [0.29, 0.717) is 19.7 Å². The molecule has 1 fully saturated rings. The molecule has 4 heteroatoms. The lowest BCUT2D eigenvalue weighted by Gasteiger charge is -2.34. The lowest BCUT2D eigenvalue weighted by atomic mass is 10.2. The van der Waals surface area contributed by atoms with E-state index in [0.717, 1.165) is 0 Å². The van der Waals surface area contributed by atoms with Crippen molar-refractivity contribution in [3.63, 3.8) is 0 Å². The van der Waals surface area contributed by atoms with Gasteiger partial charge in [0, 0.05) is 0 Å². The van der Waals surface area contributed by atoms with Gasteiger partial charge in [0.15, 0.2) is 0 Å². The van der Waals surface area contributed by atoms with Crippen LogP contribution in [-0.2, 0) is 4.74 Å². The van der Waals surface area contributed by atoms with E-state index in [1.165, 1.54) is 4.90 Å². The molecule has 0 unspecified atom stereocenters. The Morgan fingerprint density at radius 1 is 1.58 bits per heavy atom. The molecule has 1 N–H and O–H groups in total. The van der Waals surface area contributed by atoms with Crippen LogP contribution in [0.1, 0.15) is 20.8 Å². The van der Waals surface area contributed by atoms with E-state index in [1.807, 2.05) is 13.8 Å². The topological polar surface area (TPSA) is 49.8 Å². The van der Waals surface area contributed by atoms with Crippen LogP contribution in [0.3, 0.4) is 0 Å². The summed E-state index contributed by atoms with van der Waals surface area (Å²) in [6, 6.07) is 0. The van der Waals surface area contributed by atoms with Crippen molar-refractivity contribution in [1.82, 2.24) is 4.90 Å². The van der Waals surface area contributed by atoms with Gasteiger partial charge in [0.1, 0.15) is 0 Å². The maximum absolute atomic E-state index is 10.8. The Hall–Kier alpha value is -0.770. The van der Waals surface area contributed by atoms with E-state index >= 15 is 0 Å². The SMILES string of the molecule is CC.CCOC(=O)N1CC(O)C1. The molecule has 1 aliphatic heterocycles. The first kappa shape index (κ1) is 11.2. The highest BCUT2D eigenvalue weighted by molar-refractivity contribution is 5.68. The first-order valence-corrected chi connectivity index (χ1v) is 4.33. The van der Waals surface area contributed by atoms with Crippen molar-refractivity contribution < 1.29 is 14.6 Å². The van der Waals surface area contributed by atoms with Crippen LogP contribution in [0.4, 0.5) is 4.79 Å². The highest BCUT2D eigenvalue weighted by atomic mass is 16.6. The quantitative estimate of drug-likeness (QED) is 0.642. The van der Waals surface area contributed by atoms with Crippen molar-refractivity contribution in [1.29, 1.82) is 0 Å². The fourth-order valence-electron chi connectivity index (χ4n) is 0.819.